The second-order valence-corrected chi connectivity index (χ2v) is 3.08. The summed E-state index contributed by atoms with van der Waals surface area (Å²) >= 11 is 0. The minimum absolute atomic E-state index is 0.0406. The van der Waals surface area contributed by atoms with Gasteiger partial charge in [-0.2, -0.15) is 0 Å². The highest BCUT2D eigenvalue weighted by Gasteiger charge is 2.20. The topological polar surface area (TPSA) is 120 Å². The number of nitro benzene ring substituents is 1. The second-order valence-electron chi connectivity index (χ2n) is 3.08. The third-order valence-corrected chi connectivity index (χ3v) is 2.08. The van der Waals surface area contributed by atoms with Crippen LogP contribution in [0.5, 0.6) is 5.75 Å². The average Bonchev–Trinajstić information content (AvgIpc) is 2.62. The van der Waals surface area contributed by atoms with E-state index in [1.54, 1.807) is 0 Å². The number of aromatic hydroxyl groups is 1. The van der Waals surface area contributed by atoms with Crippen LogP contribution >= 0.6 is 0 Å². The molecule has 0 aliphatic rings. The van der Waals surface area contributed by atoms with Crippen molar-refractivity contribution < 1.29 is 19.2 Å². The molecule has 2 rings (SSSR count). The van der Waals surface area contributed by atoms with E-state index >= 15 is 0 Å². The average molecular weight is 222 g/mol. The molecule has 1 heterocycles. The van der Waals surface area contributed by atoms with Gasteiger partial charge in [-0.1, -0.05) is 0 Å². The van der Waals surface area contributed by atoms with Crippen LogP contribution in [0.3, 0.4) is 0 Å². The zero-order valence-corrected chi connectivity index (χ0v) is 7.84. The van der Waals surface area contributed by atoms with Gasteiger partial charge in [0.2, 0.25) is 0 Å². The molecular formula is C9H6N2O5. The first-order valence-corrected chi connectivity index (χ1v) is 4.20. The predicted octanol–water partition coefficient (Wildman–Crippen LogP) is 1.15. The summed E-state index contributed by atoms with van der Waals surface area (Å²) in [6.45, 7) is 0. The fourth-order valence-corrected chi connectivity index (χ4v) is 1.38. The molecule has 1 amide bonds. The van der Waals surface area contributed by atoms with Gasteiger partial charge in [-0.3, -0.25) is 14.9 Å². The lowest BCUT2D eigenvalue weighted by molar-refractivity contribution is -0.383. The Kier molecular flexibility index (Phi) is 2.01. The number of furan rings is 1. The third kappa shape index (κ3) is 1.34. The molecule has 1 aromatic heterocycles. The molecule has 0 bridgehead atoms. The highest BCUT2D eigenvalue weighted by Crippen LogP contribution is 2.34. The molecule has 2 aromatic rings. The maximum atomic E-state index is 10.8. The van der Waals surface area contributed by atoms with Gasteiger partial charge in [-0.15, -0.1) is 0 Å². The Morgan fingerprint density at radius 2 is 2.19 bits per heavy atom. The zero-order chi connectivity index (χ0) is 11.9. The monoisotopic (exact) mass is 222 g/mol. The maximum absolute atomic E-state index is 10.8. The van der Waals surface area contributed by atoms with Crippen molar-refractivity contribution in [1.82, 2.24) is 0 Å². The molecule has 0 aliphatic carbocycles. The van der Waals surface area contributed by atoms with Crippen molar-refractivity contribution in [3.05, 3.63) is 34.1 Å². The van der Waals surface area contributed by atoms with E-state index in [1.807, 2.05) is 0 Å². The number of non-ortho nitro benzene ring substituents is 1. The summed E-state index contributed by atoms with van der Waals surface area (Å²) in [5.74, 6) is -1.38. The van der Waals surface area contributed by atoms with Gasteiger partial charge in [0.25, 0.3) is 11.6 Å². The van der Waals surface area contributed by atoms with Crippen molar-refractivity contribution in [3.8, 4) is 5.75 Å². The van der Waals surface area contributed by atoms with Gasteiger partial charge >= 0.3 is 0 Å². The number of phenolic OH excluding ortho intramolecular Hbond substituents is 1. The fourth-order valence-electron chi connectivity index (χ4n) is 1.38. The standard InChI is InChI=1S/C9H6N2O5/c10-9(13)7-3-4-5(11(14)15)1-2-6(12)8(4)16-7/h1-3,12H,(H2,10,13). The van der Waals surface area contributed by atoms with Crippen LogP contribution in [0.1, 0.15) is 10.6 Å². The molecule has 0 spiro atoms. The Balaban J connectivity index is 2.82. The molecule has 82 valence electrons. The Morgan fingerprint density at radius 3 is 2.75 bits per heavy atom. The largest absolute Gasteiger partial charge is 0.504 e. The van der Waals surface area contributed by atoms with E-state index in [-0.39, 0.29) is 28.2 Å². The summed E-state index contributed by atoms with van der Waals surface area (Å²) in [6.07, 6.45) is 0. The minimum atomic E-state index is -0.857. The molecule has 0 fully saturated rings. The molecule has 1 aromatic carbocycles. The molecule has 0 radical (unpaired) electrons. The van der Waals surface area contributed by atoms with Gasteiger partial charge in [-0.25, -0.2) is 0 Å². The lowest BCUT2D eigenvalue weighted by atomic mass is 10.2. The smallest absolute Gasteiger partial charge is 0.284 e. The van der Waals surface area contributed by atoms with Gasteiger partial charge < -0.3 is 15.3 Å². The predicted molar refractivity (Wildman–Crippen MR) is 53.1 cm³/mol. The van der Waals surface area contributed by atoms with E-state index in [0.29, 0.717) is 0 Å². The Morgan fingerprint density at radius 1 is 1.50 bits per heavy atom. The molecule has 0 unspecified atom stereocenters. The van der Waals surface area contributed by atoms with E-state index < -0.39 is 10.8 Å². The number of hydrogen-bond donors (Lipinski definition) is 2. The van der Waals surface area contributed by atoms with Gasteiger partial charge in [0.05, 0.1) is 4.92 Å². The van der Waals surface area contributed by atoms with Crippen LogP contribution in [0.25, 0.3) is 11.0 Å². The van der Waals surface area contributed by atoms with E-state index in [9.17, 15) is 20.0 Å². The van der Waals surface area contributed by atoms with Crippen molar-refractivity contribution in [2.45, 2.75) is 0 Å². The van der Waals surface area contributed by atoms with Crippen LogP contribution < -0.4 is 5.73 Å². The Labute approximate surface area is 88.2 Å². The highest BCUT2D eigenvalue weighted by atomic mass is 16.6. The molecule has 0 saturated carbocycles. The zero-order valence-electron chi connectivity index (χ0n) is 7.84. The molecule has 0 atom stereocenters. The molecule has 7 heteroatoms. The number of carbonyl (C=O) groups is 1. The summed E-state index contributed by atoms with van der Waals surface area (Å²) in [4.78, 5) is 20.9. The van der Waals surface area contributed by atoms with Crippen LogP contribution in [0.15, 0.2) is 22.6 Å². The number of rotatable bonds is 2. The first-order valence-electron chi connectivity index (χ1n) is 4.20. The normalized spacial score (nSPS) is 10.5. The lowest BCUT2D eigenvalue weighted by Crippen LogP contribution is -2.08. The SMILES string of the molecule is NC(=O)c1cc2c([N+](=O)[O-])ccc(O)c2o1. The van der Waals surface area contributed by atoms with Crippen LogP contribution in [-0.4, -0.2) is 15.9 Å². The van der Waals surface area contributed by atoms with Gasteiger partial charge in [0.15, 0.2) is 17.1 Å². The first-order chi connectivity index (χ1) is 7.50. The minimum Gasteiger partial charge on any atom is -0.504 e. The van der Waals surface area contributed by atoms with Gasteiger partial charge in [-0.05, 0) is 6.07 Å². The van der Waals surface area contributed by atoms with E-state index in [4.69, 9.17) is 10.2 Å². The van der Waals surface area contributed by atoms with E-state index in [0.717, 1.165) is 18.2 Å². The van der Waals surface area contributed by atoms with Crippen molar-refractivity contribution in [2.75, 3.05) is 0 Å². The number of primary amides is 1. The Bertz CT molecular complexity index is 601. The van der Waals surface area contributed by atoms with E-state index in [2.05, 4.69) is 0 Å². The molecule has 7 nitrogen and oxygen atoms in total. The lowest BCUT2D eigenvalue weighted by Gasteiger charge is -1.94. The number of hydrogen-bond acceptors (Lipinski definition) is 5. The van der Waals surface area contributed by atoms with Crippen LogP contribution in [0.2, 0.25) is 0 Å². The number of benzene rings is 1. The molecular weight excluding hydrogens is 216 g/mol. The van der Waals surface area contributed by atoms with Crippen LogP contribution in [0, 0.1) is 10.1 Å². The number of fused-ring (bicyclic) bond motifs is 1. The highest BCUT2D eigenvalue weighted by molar-refractivity contribution is 5.99. The first kappa shape index (κ1) is 9.97. The summed E-state index contributed by atoms with van der Waals surface area (Å²) in [7, 11) is 0. The number of phenols is 1. The quantitative estimate of drug-likeness (QED) is 0.583. The van der Waals surface area contributed by atoms with E-state index in [1.165, 1.54) is 0 Å². The number of nitro groups is 1. The van der Waals surface area contributed by atoms with Crippen LogP contribution in [-0.2, 0) is 0 Å². The van der Waals surface area contributed by atoms with Crippen molar-refractivity contribution in [3.63, 3.8) is 0 Å². The number of nitrogens with two attached hydrogens (primary N) is 1. The fraction of sp³-hybridized carbons (Fsp3) is 0. The van der Waals surface area contributed by atoms with Crippen molar-refractivity contribution in [2.24, 2.45) is 5.73 Å². The third-order valence-electron chi connectivity index (χ3n) is 2.08. The Hall–Kier alpha value is -2.57. The maximum Gasteiger partial charge on any atom is 0.284 e. The molecule has 3 N–H and O–H groups in total. The summed E-state index contributed by atoms with van der Waals surface area (Å²) in [6, 6.07) is 3.38. The number of carbonyl (C=O) groups excluding carboxylic acids is 1. The molecule has 16 heavy (non-hydrogen) atoms. The van der Waals surface area contributed by atoms with Crippen molar-refractivity contribution >= 4 is 22.6 Å². The number of nitrogens with zero attached hydrogens (tertiary/aromatic N) is 1. The molecule has 0 saturated heterocycles. The second kappa shape index (κ2) is 3.23. The number of amides is 1. The summed E-state index contributed by atoms with van der Waals surface area (Å²) in [5.41, 5.74) is 4.59. The summed E-state index contributed by atoms with van der Waals surface area (Å²) in [5, 5.41) is 20.1. The van der Waals surface area contributed by atoms with Gasteiger partial charge in [0, 0.05) is 12.1 Å². The van der Waals surface area contributed by atoms with Crippen molar-refractivity contribution in [1.29, 1.82) is 0 Å². The van der Waals surface area contributed by atoms with Crippen LogP contribution in [0.4, 0.5) is 5.69 Å². The molecule has 0 aliphatic heterocycles. The summed E-state index contributed by atoms with van der Waals surface area (Å²) < 4.78 is 4.92. The van der Waals surface area contributed by atoms with Gasteiger partial charge in [0.1, 0.15) is 5.39 Å².